The van der Waals surface area contributed by atoms with Crippen LogP contribution in [-0.4, -0.2) is 65.7 Å². The van der Waals surface area contributed by atoms with Crippen molar-refractivity contribution >= 4 is 11.8 Å². The lowest BCUT2D eigenvalue weighted by Crippen LogP contribution is -2.58. The van der Waals surface area contributed by atoms with E-state index in [1.165, 1.54) is 24.3 Å². The van der Waals surface area contributed by atoms with Crippen molar-refractivity contribution in [1.29, 1.82) is 0 Å². The van der Waals surface area contributed by atoms with E-state index in [9.17, 15) is 14.0 Å². The van der Waals surface area contributed by atoms with Gasteiger partial charge in [-0.15, -0.1) is 0 Å². The summed E-state index contributed by atoms with van der Waals surface area (Å²) >= 11 is 0. The van der Waals surface area contributed by atoms with Gasteiger partial charge >= 0.3 is 0 Å². The molecule has 0 radical (unpaired) electrons. The molecule has 2 amide bonds. The number of aromatic nitrogens is 1. The molecule has 0 N–H and O–H groups in total. The largest absolute Gasteiger partial charge is 0.490 e. The molecule has 2 heterocycles. The van der Waals surface area contributed by atoms with Crippen LogP contribution in [0, 0.1) is 5.82 Å². The van der Waals surface area contributed by atoms with E-state index in [4.69, 9.17) is 14.0 Å². The maximum atomic E-state index is 13.3. The molecule has 1 saturated heterocycles. The van der Waals surface area contributed by atoms with Crippen LogP contribution in [0.25, 0.3) is 0 Å². The molecule has 1 aliphatic heterocycles. The zero-order chi connectivity index (χ0) is 25.5. The number of hydrogen-bond donors (Lipinski definition) is 0. The van der Waals surface area contributed by atoms with Crippen LogP contribution in [0.3, 0.4) is 0 Å². The number of morpholine rings is 1. The molecule has 0 aliphatic carbocycles. The van der Waals surface area contributed by atoms with Crippen molar-refractivity contribution in [2.45, 2.75) is 31.9 Å². The lowest BCUT2D eigenvalue weighted by molar-refractivity contribution is -0.152. The summed E-state index contributed by atoms with van der Waals surface area (Å²) in [6, 6.07) is 16.9. The Kier molecular flexibility index (Phi) is 8.00. The Bertz CT molecular complexity index is 1170. The standard InChI is InChI=1S/C27H30FN3O5/c1-3-22-15-24(29-36-22)26(33)31-13-14-35-27(18-31,19-34-23-11-9-21(28)10-12-23)16-25(32)30(2)17-20-7-5-4-6-8-20/h4-12,15H,3,13-14,16-19H2,1-2H3. The highest BCUT2D eigenvalue weighted by Gasteiger charge is 2.42. The van der Waals surface area contributed by atoms with Gasteiger partial charge in [0.1, 0.15) is 29.5 Å². The number of halogens is 1. The van der Waals surface area contributed by atoms with Crippen molar-refractivity contribution < 1.29 is 28.0 Å². The molecule has 3 aromatic rings. The number of aryl methyl sites for hydroxylation is 1. The van der Waals surface area contributed by atoms with Gasteiger partial charge in [0.25, 0.3) is 5.91 Å². The van der Waals surface area contributed by atoms with E-state index >= 15 is 0 Å². The van der Waals surface area contributed by atoms with Crippen LogP contribution in [-0.2, 0) is 22.5 Å². The number of nitrogens with zero attached hydrogens (tertiary/aromatic N) is 3. The molecule has 1 fully saturated rings. The molecular formula is C27H30FN3O5. The second kappa shape index (κ2) is 11.3. The van der Waals surface area contributed by atoms with Crippen LogP contribution >= 0.6 is 0 Å². The number of carbonyl (C=O) groups excluding carboxylic acids is 2. The Morgan fingerprint density at radius 2 is 1.92 bits per heavy atom. The van der Waals surface area contributed by atoms with Gasteiger partial charge < -0.3 is 23.8 Å². The van der Waals surface area contributed by atoms with Crippen molar-refractivity contribution in [2.24, 2.45) is 0 Å². The zero-order valence-corrected chi connectivity index (χ0v) is 20.5. The Hall–Kier alpha value is -3.72. The first-order valence-electron chi connectivity index (χ1n) is 11.9. The van der Waals surface area contributed by atoms with Crippen molar-refractivity contribution in [3.05, 3.63) is 83.5 Å². The molecule has 190 valence electrons. The van der Waals surface area contributed by atoms with E-state index in [1.807, 2.05) is 37.3 Å². The lowest BCUT2D eigenvalue weighted by atomic mass is 9.96. The van der Waals surface area contributed by atoms with E-state index in [1.54, 1.807) is 22.9 Å². The fourth-order valence-corrected chi connectivity index (χ4v) is 4.11. The van der Waals surface area contributed by atoms with Crippen LogP contribution in [0.4, 0.5) is 4.39 Å². The molecular weight excluding hydrogens is 465 g/mol. The van der Waals surface area contributed by atoms with E-state index in [0.29, 0.717) is 31.0 Å². The Labute approximate surface area is 209 Å². The fourth-order valence-electron chi connectivity index (χ4n) is 4.11. The number of amides is 2. The van der Waals surface area contributed by atoms with E-state index in [2.05, 4.69) is 5.16 Å². The van der Waals surface area contributed by atoms with Crippen LogP contribution < -0.4 is 4.74 Å². The molecule has 4 rings (SSSR count). The van der Waals surface area contributed by atoms with Crippen molar-refractivity contribution in [3.63, 3.8) is 0 Å². The summed E-state index contributed by atoms with van der Waals surface area (Å²) in [5, 5.41) is 3.90. The van der Waals surface area contributed by atoms with E-state index in [0.717, 1.165) is 5.56 Å². The van der Waals surface area contributed by atoms with Gasteiger partial charge in [-0.05, 0) is 29.8 Å². The van der Waals surface area contributed by atoms with Crippen LogP contribution in [0.1, 0.15) is 35.2 Å². The minimum absolute atomic E-state index is 0.000331. The normalized spacial score (nSPS) is 17.6. The second-order valence-corrected chi connectivity index (χ2v) is 8.94. The molecule has 2 aromatic carbocycles. The number of carbonyl (C=O) groups is 2. The average Bonchev–Trinajstić information content (AvgIpc) is 3.38. The van der Waals surface area contributed by atoms with Gasteiger partial charge in [0.05, 0.1) is 19.6 Å². The maximum absolute atomic E-state index is 13.3. The quantitative estimate of drug-likeness (QED) is 0.450. The van der Waals surface area contributed by atoms with Crippen LogP contribution in [0.5, 0.6) is 5.75 Å². The van der Waals surface area contributed by atoms with Gasteiger partial charge in [-0.2, -0.15) is 0 Å². The fraction of sp³-hybridized carbons (Fsp3) is 0.370. The number of ether oxygens (including phenoxy) is 2. The highest BCUT2D eigenvalue weighted by atomic mass is 19.1. The Morgan fingerprint density at radius 3 is 2.61 bits per heavy atom. The van der Waals surface area contributed by atoms with Crippen LogP contribution in [0.2, 0.25) is 0 Å². The highest BCUT2D eigenvalue weighted by Crippen LogP contribution is 2.27. The summed E-state index contributed by atoms with van der Waals surface area (Å²) < 4.78 is 30.6. The number of hydrogen-bond acceptors (Lipinski definition) is 6. The molecule has 36 heavy (non-hydrogen) atoms. The number of benzene rings is 2. The summed E-state index contributed by atoms with van der Waals surface area (Å²) in [6.45, 7) is 3.07. The van der Waals surface area contributed by atoms with Crippen molar-refractivity contribution in [3.8, 4) is 5.75 Å². The lowest BCUT2D eigenvalue weighted by Gasteiger charge is -2.42. The molecule has 1 unspecified atom stereocenters. The molecule has 0 saturated carbocycles. The third-order valence-corrected chi connectivity index (χ3v) is 6.14. The predicted octanol–water partition coefficient (Wildman–Crippen LogP) is 3.72. The first-order chi connectivity index (χ1) is 17.4. The van der Waals surface area contributed by atoms with Gasteiger partial charge in [0.2, 0.25) is 5.91 Å². The zero-order valence-electron chi connectivity index (χ0n) is 20.5. The minimum atomic E-state index is -1.10. The van der Waals surface area contributed by atoms with E-state index in [-0.39, 0.29) is 49.5 Å². The second-order valence-electron chi connectivity index (χ2n) is 8.94. The van der Waals surface area contributed by atoms with Gasteiger partial charge in [-0.3, -0.25) is 9.59 Å². The molecule has 9 heteroatoms. The molecule has 8 nitrogen and oxygen atoms in total. The van der Waals surface area contributed by atoms with Gasteiger partial charge in [0.15, 0.2) is 5.69 Å². The van der Waals surface area contributed by atoms with Gasteiger partial charge in [-0.25, -0.2) is 4.39 Å². The monoisotopic (exact) mass is 495 g/mol. The topological polar surface area (TPSA) is 85.1 Å². The van der Waals surface area contributed by atoms with Gasteiger partial charge in [0, 0.05) is 32.6 Å². The number of rotatable bonds is 9. The third kappa shape index (κ3) is 6.28. The molecule has 1 aliphatic rings. The molecule has 1 atom stereocenters. The first-order valence-corrected chi connectivity index (χ1v) is 11.9. The Morgan fingerprint density at radius 1 is 1.17 bits per heavy atom. The van der Waals surface area contributed by atoms with Crippen molar-refractivity contribution in [1.82, 2.24) is 15.0 Å². The SMILES string of the molecule is CCc1cc(C(=O)N2CCOC(COc3ccc(F)cc3)(CC(=O)N(C)Cc3ccccc3)C2)no1. The summed E-state index contributed by atoms with van der Waals surface area (Å²) in [6.07, 6.45) is 0.626. The van der Waals surface area contributed by atoms with Crippen molar-refractivity contribution in [2.75, 3.05) is 33.4 Å². The molecule has 0 bridgehead atoms. The smallest absolute Gasteiger partial charge is 0.276 e. The minimum Gasteiger partial charge on any atom is -0.490 e. The summed E-state index contributed by atoms with van der Waals surface area (Å²) in [4.78, 5) is 29.7. The average molecular weight is 496 g/mol. The highest BCUT2D eigenvalue weighted by molar-refractivity contribution is 5.92. The summed E-state index contributed by atoms with van der Waals surface area (Å²) in [5.74, 6) is 0.246. The third-order valence-electron chi connectivity index (χ3n) is 6.14. The summed E-state index contributed by atoms with van der Waals surface area (Å²) in [5.41, 5.74) is 0.125. The summed E-state index contributed by atoms with van der Waals surface area (Å²) in [7, 11) is 1.73. The first kappa shape index (κ1) is 25.4. The Balaban J connectivity index is 1.51. The van der Waals surface area contributed by atoms with Gasteiger partial charge in [-0.1, -0.05) is 42.4 Å². The predicted molar refractivity (Wildman–Crippen MR) is 130 cm³/mol. The molecule has 0 spiro atoms. The van der Waals surface area contributed by atoms with Crippen LogP contribution in [0.15, 0.2) is 65.2 Å². The van der Waals surface area contributed by atoms with E-state index < -0.39 is 5.60 Å². The molecule has 1 aromatic heterocycles. The maximum Gasteiger partial charge on any atom is 0.276 e.